The van der Waals surface area contributed by atoms with Gasteiger partial charge in [-0.3, -0.25) is 4.79 Å². The Kier molecular flexibility index (Phi) is 7.38. The van der Waals surface area contributed by atoms with Crippen LogP contribution in [0.25, 0.3) is 22.0 Å². The zero-order chi connectivity index (χ0) is 28.4. The quantitative estimate of drug-likeness (QED) is 0.235. The molecular formula is C33H31N3O4. The molecular weight excluding hydrogens is 502 g/mol. The van der Waals surface area contributed by atoms with Crippen LogP contribution in [0.2, 0.25) is 0 Å². The van der Waals surface area contributed by atoms with Gasteiger partial charge in [-0.25, -0.2) is 9.78 Å². The molecule has 0 spiro atoms. The molecule has 0 saturated heterocycles. The summed E-state index contributed by atoms with van der Waals surface area (Å²) < 4.78 is 7.36. The third-order valence-electron chi connectivity index (χ3n) is 7.48. The number of pyridine rings is 1. The normalized spacial score (nSPS) is 11.8. The summed E-state index contributed by atoms with van der Waals surface area (Å²) in [6.07, 6.45) is 1.71. The third kappa shape index (κ3) is 5.18. The molecule has 7 nitrogen and oxygen atoms in total. The lowest BCUT2D eigenvalue weighted by Crippen LogP contribution is -2.26. The summed E-state index contributed by atoms with van der Waals surface area (Å²) >= 11 is 0. The van der Waals surface area contributed by atoms with Crippen LogP contribution in [0.4, 0.5) is 0 Å². The Morgan fingerprint density at radius 1 is 1.00 bits per heavy atom. The largest absolute Gasteiger partial charge is 0.481 e. The van der Waals surface area contributed by atoms with E-state index in [0.29, 0.717) is 23.6 Å². The number of benzene rings is 3. The predicted molar refractivity (Wildman–Crippen MR) is 156 cm³/mol. The first-order chi connectivity index (χ1) is 19.3. The second-order valence-corrected chi connectivity index (χ2v) is 9.91. The highest BCUT2D eigenvalue weighted by molar-refractivity contribution is 5.99. The van der Waals surface area contributed by atoms with Crippen molar-refractivity contribution >= 4 is 22.8 Å². The van der Waals surface area contributed by atoms with E-state index in [2.05, 4.69) is 28.7 Å². The van der Waals surface area contributed by atoms with Crippen LogP contribution in [0, 0.1) is 13.8 Å². The standard InChI is InChI=1S/C33H31N3O4/c1-20-22(3)36(19-23-9-11-24(12-10-23)27-7-5-6-8-28(27)33(38)39)30-15-13-25(17-29(20)30)32(37)35-21(2)26-14-16-31(40-4)34-18-26/h5-18,21H,19H2,1-4H3,(H,35,37)(H,38,39). The van der Waals surface area contributed by atoms with Crippen molar-refractivity contribution in [2.24, 2.45) is 0 Å². The number of amides is 1. The molecule has 0 bridgehead atoms. The Bertz CT molecular complexity index is 1700. The van der Waals surface area contributed by atoms with Crippen molar-refractivity contribution in [3.8, 4) is 17.0 Å². The highest BCUT2D eigenvalue weighted by Gasteiger charge is 2.17. The van der Waals surface area contributed by atoms with Crippen LogP contribution in [0.1, 0.15) is 56.1 Å². The number of hydrogen-bond donors (Lipinski definition) is 2. The number of hydrogen-bond acceptors (Lipinski definition) is 4. The molecule has 1 atom stereocenters. The SMILES string of the molecule is COc1ccc(C(C)NC(=O)c2ccc3c(c2)c(C)c(C)n3Cc2ccc(-c3ccccc3C(=O)O)cc2)cn1. The second kappa shape index (κ2) is 11.1. The zero-order valence-electron chi connectivity index (χ0n) is 22.9. The molecule has 202 valence electrons. The molecule has 0 aliphatic rings. The van der Waals surface area contributed by atoms with E-state index in [1.165, 1.54) is 0 Å². The van der Waals surface area contributed by atoms with E-state index in [0.717, 1.165) is 38.9 Å². The number of nitrogens with one attached hydrogen (secondary N) is 1. The van der Waals surface area contributed by atoms with E-state index in [4.69, 9.17) is 4.74 Å². The molecule has 0 aliphatic heterocycles. The van der Waals surface area contributed by atoms with Gasteiger partial charge in [0.05, 0.1) is 18.7 Å². The summed E-state index contributed by atoms with van der Waals surface area (Å²) in [6.45, 7) is 6.75. The van der Waals surface area contributed by atoms with Gasteiger partial charge in [0.25, 0.3) is 5.91 Å². The van der Waals surface area contributed by atoms with Gasteiger partial charge in [0.1, 0.15) is 0 Å². The molecule has 5 aromatic rings. The number of methoxy groups -OCH3 is 1. The van der Waals surface area contributed by atoms with Crippen molar-refractivity contribution in [3.05, 3.63) is 119 Å². The van der Waals surface area contributed by atoms with Gasteiger partial charge in [-0.2, -0.15) is 0 Å². The van der Waals surface area contributed by atoms with Crippen LogP contribution >= 0.6 is 0 Å². The van der Waals surface area contributed by atoms with Crippen LogP contribution < -0.4 is 10.1 Å². The summed E-state index contributed by atoms with van der Waals surface area (Å²) in [5.74, 6) is -0.556. The average molecular weight is 534 g/mol. The number of aromatic nitrogens is 2. The van der Waals surface area contributed by atoms with Gasteiger partial charge in [-0.15, -0.1) is 0 Å². The first-order valence-corrected chi connectivity index (χ1v) is 13.1. The van der Waals surface area contributed by atoms with Gasteiger partial charge < -0.3 is 19.7 Å². The molecule has 2 N–H and O–H groups in total. The fraction of sp³-hybridized carbons (Fsp3) is 0.182. The highest BCUT2D eigenvalue weighted by Crippen LogP contribution is 2.29. The number of carbonyl (C=O) groups excluding carboxylic acids is 1. The molecule has 5 rings (SSSR count). The molecule has 1 amide bonds. The Labute approximate surface area is 233 Å². The van der Waals surface area contributed by atoms with Crippen LogP contribution in [-0.2, 0) is 6.54 Å². The number of nitrogens with zero attached hydrogens (tertiary/aromatic N) is 2. The first kappa shape index (κ1) is 26.7. The number of aryl methyl sites for hydroxylation is 1. The van der Waals surface area contributed by atoms with Gasteiger partial charge in [0, 0.05) is 41.0 Å². The number of carboxylic acids is 1. The van der Waals surface area contributed by atoms with E-state index in [9.17, 15) is 14.7 Å². The van der Waals surface area contributed by atoms with Gasteiger partial charge in [-0.1, -0.05) is 48.5 Å². The topological polar surface area (TPSA) is 93.5 Å². The third-order valence-corrected chi connectivity index (χ3v) is 7.48. The van der Waals surface area contributed by atoms with Crippen molar-refractivity contribution < 1.29 is 19.4 Å². The van der Waals surface area contributed by atoms with Crippen molar-refractivity contribution in [1.29, 1.82) is 0 Å². The molecule has 40 heavy (non-hydrogen) atoms. The van der Waals surface area contributed by atoms with Crippen LogP contribution in [0.5, 0.6) is 5.88 Å². The summed E-state index contributed by atoms with van der Waals surface area (Å²) in [6, 6.07) is 24.3. The maximum Gasteiger partial charge on any atom is 0.336 e. The molecule has 3 aromatic carbocycles. The Morgan fingerprint density at radius 2 is 1.75 bits per heavy atom. The van der Waals surface area contributed by atoms with E-state index in [-0.39, 0.29) is 17.5 Å². The fourth-order valence-corrected chi connectivity index (χ4v) is 5.02. The molecule has 0 radical (unpaired) electrons. The van der Waals surface area contributed by atoms with E-state index in [1.807, 2.05) is 67.6 Å². The Hall–Kier alpha value is -4.91. The Balaban J connectivity index is 1.37. The minimum Gasteiger partial charge on any atom is -0.481 e. The lowest BCUT2D eigenvalue weighted by molar-refractivity contribution is 0.0697. The molecule has 0 fully saturated rings. The second-order valence-electron chi connectivity index (χ2n) is 9.91. The molecule has 1 unspecified atom stereocenters. The smallest absolute Gasteiger partial charge is 0.336 e. The Morgan fingerprint density at radius 3 is 2.42 bits per heavy atom. The summed E-state index contributed by atoms with van der Waals surface area (Å²) in [4.78, 5) is 29.0. The molecule has 2 aromatic heterocycles. The van der Waals surface area contributed by atoms with Crippen molar-refractivity contribution in [1.82, 2.24) is 14.9 Å². The van der Waals surface area contributed by atoms with E-state index < -0.39 is 5.97 Å². The van der Waals surface area contributed by atoms with Crippen LogP contribution in [-0.4, -0.2) is 33.6 Å². The van der Waals surface area contributed by atoms with Gasteiger partial charge in [0.2, 0.25) is 5.88 Å². The van der Waals surface area contributed by atoms with Crippen molar-refractivity contribution in [2.75, 3.05) is 7.11 Å². The number of aromatic carboxylic acids is 1. The number of carboxylic acid groups (broad SMARTS) is 1. The van der Waals surface area contributed by atoms with E-state index >= 15 is 0 Å². The number of rotatable bonds is 8. The van der Waals surface area contributed by atoms with Crippen molar-refractivity contribution in [3.63, 3.8) is 0 Å². The minimum absolute atomic E-state index is 0.146. The van der Waals surface area contributed by atoms with Crippen LogP contribution in [0.3, 0.4) is 0 Å². The van der Waals surface area contributed by atoms with Gasteiger partial charge in [-0.05, 0) is 72.9 Å². The molecule has 2 heterocycles. The molecule has 0 aliphatic carbocycles. The maximum atomic E-state index is 13.1. The average Bonchev–Trinajstić information content (AvgIpc) is 3.21. The zero-order valence-corrected chi connectivity index (χ0v) is 22.9. The molecule has 7 heteroatoms. The van der Waals surface area contributed by atoms with Gasteiger partial charge in [0.15, 0.2) is 0 Å². The summed E-state index contributed by atoms with van der Waals surface area (Å²) in [7, 11) is 1.57. The minimum atomic E-state index is -0.940. The highest BCUT2D eigenvalue weighted by atomic mass is 16.5. The van der Waals surface area contributed by atoms with Crippen molar-refractivity contribution in [2.45, 2.75) is 33.4 Å². The predicted octanol–water partition coefficient (Wildman–Crippen LogP) is 6.57. The lowest BCUT2D eigenvalue weighted by atomic mass is 9.99. The number of carbonyl (C=O) groups is 2. The molecule has 0 saturated carbocycles. The first-order valence-electron chi connectivity index (χ1n) is 13.1. The van der Waals surface area contributed by atoms with Gasteiger partial charge >= 0.3 is 5.97 Å². The maximum absolute atomic E-state index is 13.1. The lowest BCUT2D eigenvalue weighted by Gasteiger charge is -2.15. The fourth-order valence-electron chi connectivity index (χ4n) is 5.02. The number of fused-ring (bicyclic) bond motifs is 1. The summed E-state index contributed by atoms with van der Waals surface area (Å²) in [5, 5.41) is 13.6. The summed E-state index contributed by atoms with van der Waals surface area (Å²) in [5.41, 5.74) is 7.75. The van der Waals surface area contributed by atoms with Crippen LogP contribution in [0.15, 0.2) is 85.1 Å². The number of ether oxygens (including phenoxy) is 1. The monoisotopic (exact) mass is 533 g/mol. The van der Waals surface area contributed by atoms with E-state index in [1.54, 1.807) is 31.5 Å².